The molecule has 0 aliphatic carbocycles. The third kappa shape index (κ3) is 3.82. The normalized spacial score (nSPS) is 23.9. The van der Waals surface area contributed by atoms with Crippen LogP contribution in [0.1, 0.15) is 32.3 Å². The van der Waals surface area contributed by atoms with Gasteiger partial charge >= 0.3 is 0 Å². The van der Waals surface area contributed by atoms with Gasteiger partial charge in [0, 0.05) is 25.7 Å². The van der Waals surface area contributed by atoms with Crippen LogP contribution in [0.4, 0.5) is 0 Å². The van der Waals surface area contributed by atoms with Crippen LogP contribution in [-0.4, -0.2) is 56.5 Å². The Bertz CT molecular complexity index is 637. The van der Waals surface area contributed by atoms with Crippen molar-refractivity contribution in [1.82, 2.24) is 9.21 Å². The minimum Gasteiger partial charge on any atom is -0.379 e. The molecule has 2 saturated heterocycles. The minimum atomic E-state index is -3.39. The van der Waals surface area contributed by atoms with Gasteiger partial charge in [0.25, 0.3) is 0 Å². The Morgan fingerprint density at radius 1 is 1.12 bits per heavy atom. The van der Waals surface area contributed by atoms with Crippen LogP contribution in [0.5, 0.6) is 0 Å². The van der Waals surface area contributed by atoms with E-state index in [2.05, 4.69) is 18.7 Å². The summed E-state index contributed by atoms with van der Waals surface area (Å²) in [6.07, 6.45) is 2.52. The first-order valence-electron chi connectivity index (χ1n) is 8.89. The first-order valence-corrected chi connectivity index (χ1v) is 10.3. The molecule has 0 amide bonds. The zero-order valence-corrected chi connectivity index (χ0v) is 15.5. The smallest absolute Gasteiger partial charge is 0.243 e. The van der Waals surface area contributed by atoms with Gasteiger partial charge < -0.3 is 4.74 Å². The summed E-state index contributed by atoms with van der Waals surface area (Å²) in [5, 5.41) is 0. The van der Waals surface area contributed by atoms with Gasteiger partial charge in [0.15, 0.2) is 0 Å². The molecule has 2 fully saturated rings. The van der Waals surface area contributed by atoms with Gasteiger partial charge in [-0.15, -0.1) is 0 Å². The number of ether oxygens (including phenoxy) is 1. The molecule has 0 saturated carbocycles. The highest BCUT2D eigenvalue weighted by Crippen LogP contribution is 2.26. The predicted octanol–water partition coefficient (Wildman–Crippen LogP) is 2.33. The Kier molecular flexibility index (Phi) is 5.59. The van der Waals surface area contributed by atoms with E-state index in [1.807, 2.05) is 12.1 Å². The van der Waals surface area contributed by atoms with Crippen molar-refractivity contribution in [2.45, 2.75) is 44.2 Å². The van der Waals surface area contributed by atoms with E-state index in [-0.39, 0.29) is 0 Å². The second-order valence-electron chi connectivity index (χ2n) is 7.08. The topological polar surface area (TPSA) is 49.9 Å². The van der Waals surface area contributed by atoms with Gasteiger partial charge in [0.05, 0.1) is 18.1 Å². The maximum atomic E-state index is 12.6. The SMILES string of the molecule is CC(C)C1CCCN1Cc1ccc(S(=O)(=O)N2CCOCC2)cc1. The lowest BCUT2D eigenvalue weighted by Crippen LogP contribution is -2.40. The first-order chi connectivity index (χ1) is 11.5. The largest absolute Gasteiger partial charge is 0.379 e. The summed E-state index contributed by atoms with van der Waals surface area (Å²) < 4.78 is 32.0. The zero-order chi connectivity index (χ0) is 17.2. The molecular weight excluding hydrogens is 324 g/mol. The Balaban J connectivity index is 1.69. The van der Waals surface area contributed by atoms with Crippen LogP contribution in [0, 0.1) is 5.92 Å². The molecule has 134 valence electrons. The van der Waals surface area contributed by atoms with Gasteiger partial charge in [-0.05, 0) is 43.0 Å². The van der Waals surface area contributed by atoms with E-state index in [0.717, 1.165) is 13.1 Å². The number of hydrogen-bond acceptors (Lipinski definition) is 4. The second-order valence-corrected chi connectivity index (χ2v) is 9.02. The maximum Gasteiger partial charge on any atom is 0.243 e. The molecule has 2 heterocycles. The lowest BCUT2D eigenvalue weighted by atomic mass is 10.0. The van der Waals surface area contributed by atoms with Crippen molar-refractivity contribution < 1.29 is 13.2 Å². The van der Waals surface area contributed by atoms with Crippen molar-refractivity contribution in [2.24, 2.45) is 5.92 Å². The molecule has 0 bridgehead atoms. The fraction of sp³-hybridized carbons (Fsp3) is 0.667. The summed E-state index contributed by atoms with van der Waals surface area (Å²) in [4.78, 5) is 2.91. The molecule has 1 atom stereocenters. The molecule has 24 heavy (non-hydrogen) atoms. The summed E-state index contributed by atoms with van der Waals surface area (Å²) in [6, 6.07) is 8.06. The Morgan fingerprint density at radius 2 is 1.79 bits per heavy atom. The van der Waals surface area contributed by atoms with E-state index in [9.17, 15) is 8.42 Å². The fourth-order valence-electron chi connectivity index (χ4n) is 3.74. The van der Waals surface area contributed by atoms with Crippen LogP contribution >= 0.6 is 0 Å². The Labute approximate surface area is 145 Å². The van der Waals surface area contributed by atoms with Gasteiger partial charge in [0.2, 0.25) is 10.0 Å². The van der Waals surface area contributed by atoms with Crippen LogP contribution in [0.15, 0.2) is 29.2 Å². The quantitative estimate of drug-likeness (QED) is 0.816. The van der Waals surface area contributed by atoms with Crippen LogP contribution in [0.3, 0.4) is 0 Å². The van der Waals surface area contributed by atoms with Crippen molar-refractivity contribution in [3.8, 4) is 0 Å². The average molecular weight is 353 g/mol. The first kappa shape index (κ1) is 17.9. The number of benzene rings is 1. The molecule has 2 aliphatic heterocycles. The minimum absolute atomic E-state index is 0.384. The standard InChI is InChI=1S/C18H28N2O3S/c1-15(2)18-4-3-9-19(18)14-16-5-7-17(8-6-16)24(21,22)20-10-12-23-13-11-20/h5-8,15,18H,3-4,9-14H2,1-2H3. The molecule has 6 heteroatoms. The maximum absolute atomic E-state index is 12.6. The lowest BCUT2D eigenvalue weighted by molar-refractivity contribution is 0.0730. The predicted molar refractivity (Wildman–Crippen MR) is 94.3 cm³/mol. The number of hydrogen-bond donors (Lipinski definition) is 0. The van der Waals surface area contributed by atoms with Crippen LogP contribution in [0.2, 0.25) is 0 Å². The number of nitrogens with zero attached hydrogens (tertiary/aromatic N) is 2. The third-order valence-electron chi connectivity index (χ3n) is 5.10. The Morgan fingerprint density at radius 3 is 2.42 bits per heavy atom. The van der Waals surface area contributed by atoms with Crippen molar-refractivity contribution in [1.29, 1.82) is 0 Å². The van der Waals surface area contributed by atoms with E-state index < -0.39 is 10.0 Å². The molecule has 0 radical (unpaired) electrons. The summed E-state index contributed by atoms with van der Waals surface area (Å²) in [7, 11) is -3.39. The van der Waals surface area contributed by atoms with Gasteiger partial charge in [-0.25, -0.2) is 8.42 Å². The number of morpholine rings is 1. The average Bonchev–Trinajstić information content (AvgIpc) is 3.04. The molecule has 5 nitrogen and oxygen atoms in total. The highest BCUT2D eigenvalue weighted by atomic mass is 32.2. The van der Waals surface area contributed by atoms with E-state index in [0.29, 0.717) is 43.2 Å². The van der Waals surface area contributed by atoms with E-state index in [4.69, 9.17) is 4.74 Å². The molecular formula is C18H28N2O3S. The van der Waals surface area contributed by atoms with E-state index in [1.165, 1.54) is 22.7 Å². The molecule has 1 aromatic rings. The van der Waals surface area contributed by atoms with Gasteiger partial charge in [-0.3, -0.25) is 4.90 Å². The fourth-order valence-corrected chi connectivity index (χ4v) is 5.15. The number of sulfonamides is 1. The van der Waals surface area contributed by atoms with Gasteiger partial charge in [-0.2, -0.15) is 4.31 Å². The third-order valence-corrected chi connectivity index (χ3v) is 7.01. The van der Waals surface area contributed by atoms with Crippen molar-refractivity contribution in [3.05, 3.63) is 29.8 Å². The highest BCUT2D eigenvalue weighted by molar-refractivity contribution is 7.89. The number of likely N-dealkylation sites (tertiary alicyclic amines) is 1. The van der Waals surface area contributed by atoms with E-state index >= 15 is 0 Å². The molecule has 1 aromatic carbocycles. The van der Waals surface area contributed by atoms with Crippen molar-refractivity contribution in [2.75, 3.05) is 32.8 Å². The lowest BCUT2D eigenvalue weighted by Gasteiger charge is -2.28. The molecule has 0 spiro atoms. The summed E-state index contributed by atoms with van der Waals surface area (Å²) in [6.45, 7) is 8.42. The molecule has 0 aromatic heterocycles. The van der Waals surface area contributed by atoms with Gasteiger partial charge in [-0.1, -0.05) is 26.0 Å². The van der Waals surface area contributed by atoms with Crippen molar-refractivity contribution in [3.63, 3.8) is 0 Å². The monoisotopic (exact) mass is 352 g/mol. The Hall–Kier alpha value is -0.950. The molecule has 1 unspecified atom stereocenters. The zero-order valence-electron chi connectivity index (χ0n) is 14.6. The summed E-state index contributed by atoms with van der Waals surface area (Å²) in [5.74, 6) is 0.661. The second kappa shape index (κ2) is 7.52. The summed E-state index contributed by atoms with van der Waals surface area (Å²) >= 11 is 0. The molecule has 0 N–H and O–H groups in total. The highest BCUT2D eigenvalue weighted by Gasteiger charge is 2.28. The molecule has 2 aliphatic rings. The van der Waals surface area contributed by atoms with Crippen molar-refractivity contribution >= 4 is 10.0 Å². The van der Waals surface area contributed by atoms with E-state index in [1.54, 1.807) is 12.1 Å². The molecule has 3 rings (SSSR count). The van der Waals surface area contributed by atoms with Crippen LogP contribution < -0.4 is 0 Å². The van der Waals surface area contributed by atoms with Crippen LogP contribution in [-0.2, 0) is 21.3 Å². The van der Waals surface area contributed by atoms with Gasteiger partial charge in [0.1, 0.15) is 0 Å². The van der Waals surface area contributed by atoms with Crippen LogP contribution in [0.25, 0.3) is 0 Å². The number of rotatable bonds is 5. The summed E-state index contributed by atoms with van der Waals surface area (Å²) in [5.41, 5.74) is 1.18.